The quantitative estimate of drug-likeness (QED) is 0.164. The summed E-state index contributed by atoms with van der Waals surface area (Å²) in [4.78, 5) is 27.4. The van der Waals surface area contributed by atoms with E-state index in [1.165, 1.54) is 33.3 Å². The van der Waals surface area contributed by atoms with E-state index in [2.05, 4.69) is 6.58 Å². The number of amides is 1. The lowest BCUT2D eigenvalue weighted by atomic mass is 9.95. The number of benzene rings is 3. The van der Waals surface area contributed by atoms with Crippen molar-refractivity contribution in [2.75, 3.05) is 40.4 Å². The fourth-order valence-corrected chi connectivity index (χ4v) is 4.41. The van der Waals surface area contributed by atoms with E-state index in [4.69, 9.17) is 46.9 Å². The Morgan fingerprint density at radius 2 is 1.59 bits per heavy atom. The van der Waals surface area contributed by atoms with Crippen LogP contribution in [0.15, 0.2) is 61.2 Å². The second-order valence-corrected chi connectivity index (χ2v) is 9.04. The Labute approximate surface area is 237 Å². The van der Waals surface area contributed by atoms with Gasteiger partial charge in [0.2, 0.25) is 5.38 Å². The van der Waals surface area contributed by atoms with Crippen molar-refractivity contribution in [1.29, 1.82) is 0 Å². The smallest absolute Gasteiger partial charge is 0.333 e. The number of methoxy groups -OCH3 is 5. The van der Waals surface area contributed by atoms with Crippen molar-refractivity contribution in [3.8, 4) is 23.0 Å². The molecule has 0 aliphatic heterocycles. The van der Waals surface area contributed by atoms with Crippen LogP contribution in [0.25, 0.3) is 5.57 Å². The van der Waals surface area contributed by atoms with Crippen LogP contribution in [-0.2, 0) is 20.9 Å². The van der Waals surface area contributed by atoms with E-state index in [1.54, 1.807) is 48.5 Å². The van der Waals surface area contributed by atoms with Gasteiger partial charge < -0.3 is 28.6 Å². The maximum Gasteiger partial charge on any atom is 0.333 e. The molecule has 0 bridgehead atoms. The van der Waals surface area contributed by atoms with Crippen LogP contribution in [0.5, 0.6) is 23.0 Å². The first-order valence-electron chi connectivity index (χ1n) is 11.6. The number of anilines is 1. The Hall–Kier alpha value is -3.88. The molecule has 10 heteroatoms. The summed E-state index contributed by atoms with van der Waals surface area (Å²) >= 11 is 12.7. The summed E-state index contributed by atoms with van der Waals surface area (Å²) in [5, 5.41) is -1.20. The molecular weight excluding hydrogens is 545 g/mol. The van der Waals surface area contributed by atoms with E-state index in [1.807, 2.05) is 6.07 Å². The van der Waals surface area contributed by atoms with Gasteiger partial charge in [-0.3, -0.25) is 4.79 Å². The Morgan fingerprint density at radius 3 is 2.21 bits per heavy atom. The van der Waals surface area contributed by atoms with Crippen LogP contribution in [0, 0.1) is 0 Å². The average molecular weight is 574 g/mol. The molecule has 0 N–H and O–H groups in total. The lowest BCUT2D eigenvalue weighted by molar-refractivity contribution is -0.142. The number of carbonyl (C=O) groups excluding carboxylic acids is 2. The standard InChI is InChI=1S/C29H29Cl2NO7/c1-17(21-8-7-9-24(36-3)27(21)38-5)22-14-19(30)11-13-23(22)32(28(33)26(31)29(34)39-6)16-18-10-12-20(35-2)15-25(18)37-4/h7-15,26H,1,16H2,2-6H3. The van der Waals surface area contributed by atoms with Crippen molar-refractivity contribution < 1.29 is 33.3 Å². The van der Waals surface area contributed by atoms with E-state index < -0.39 is 17.3 Å². The van der Waals surface area contributed by atoms with E-state index in [0.717, 1.165) is 7.11 Å². The highest BCUT2D eigenvalue weighted by atomic mass is 35.5. The molecule has 0 heterocycles. The monoisotopic (exact) mass is 573 g/mol. The molecule has 0 aromatic heterocycles. The number of halogens is 2. The van der Waals surface area contributed by atoms with Gasteiger partial charge in [-0.15, -0.1) is 0 Å². The van der Waals surface area contributed by atoms with E-state index >= 15 is 0 Å². The van der Waals surface area contributed by atoms with Crippen LogP contribution in [-0.4, -0.2) is 52.8 Å². The Morgan fingerprint density at radius 1 is 0.872 bits per heavy atom. The van der Waals surface area contributed by atoms with Gasteiger partial charge in [0.1, 0.15) is 11.5 Å². The van der Waals surface area contributed by atoms with Crippen molar-refractivity contribution >= 4 is 46.3 Å². The number of rotatable bonds is 11. The second-order valence-electron chi connectivity index (χ2n) is 8.17. The molecule has 0 spiro atoms. The minimum atomic E-state index is -1.61. The summed E-state index contributed by atoms with van der Waals surface area (Å²) in [5.74, 6) is 0.397. The van der Waals surface area contributed by atoms with Gasteiger partial charge in [-0.2, -0.15) is 0 Å². The van der Waals surface area contributed by atoms with Gasteiger partial charge in [0, 0.05) is 27.8 Å². The highest BCUT2D eigenvalue weighted by molar-refractivity contribution is 6.42. The van der Waals surface area contributed by atoms with Crippen molar-refractivity contribution in [1.82, 2.24) is 0 Å². The SMILES string of the molecule is C=C(c1cc(Cl)ccc1N(Cc1ccc(OC)cc1OC)C(=O)C(Cl)C(=O)OC)c1cccc(OC)c1OC. The molecule has 0 radical (unpaired) electrons. The maximum atomic E-state index is 13.7. The molecule has 3 aromatic carbocycles. The summed E-state index contributed by atoms with van der Waals surface area (Å²) in [6, 6.07) is 15.5. The molecule has 3 rings (SSSR count). The van der Waals surface area contributed by atoms with Crippen molar-refractivity contribution in [3.63, 3.8) is 0 Å². The summed E-state index contributed by atoms with van der Waals surface area (Å²) in [5.41, 5.74) is 2.64. The first kappa shape index (κ1) is 29.7. The van der Waals surface area contributed by atoms with E-state index in [0.29, 0.717) is 56.0 Å². The van der Waals surface area contributed by atoms with Gasteiger partial charge in [0.15, 0.2) is 11.5 Å². The third-order valence-electron chi connectivity index (χ3n) is 6.02. The molecule has 206 valence electrons. The first-order valence-corrected chi connectivity index (χ1v) is 12.5. The van der Waals surface area contributed by atoms with Gasteiger partial charge in [0.25, 0.3) is 5.91 Å². The van der Waals surface area contributed by atoms with Crippen molar-refractivity contribution in [2.24, 2.45) is 0 Å². The number of alkyl halides is 1. The molecule has 0 aliphatic rings. The zero-order chi connectivity index (χ0) is 28.7. The topological polar surface area (TPSA) is 83.5 Å². The molecule has 0 saturated carbocycles. The Kier molecular flexibility index (Phi) is 10.1. The minimum absolute atomic E-state index is 0.0105. The average Bonchev–Trinajstić information content (AvgIpc) is 2.97. The highest BCUT2D eigenvalue weighted by Crippen LogP contribution is 2.41. The van der Waals surface area contributed by atoms with E-state index in [-0.39, 0.29) is 6.54 Å². The molecule has 1 atom stereocenters. The summed E-state index contributed by atoms with van der Waals surface area (Å²) in [6.07, 6.45) is 0. The molecule has 8 nitrogen and oxygen atoms in total. The minimum Gasteiger partial charge on any atom is -0.497 e. The van der Waals surface area contributed by atoms with Gasteiger partial charge in [0.05, 0.1) is 47.8 Å². The van der Waals surface area contributed by atoms with Gasteiger partial charge in [-0.25, -0.2) is 4.79 Å². The zero-order valence-electron chi connectivity index (χ0n) is 22.2. The van der Waals surface area contributed by atoms with Gasteiger partial charge in [-0.1, -0.05) is 41.9 Å². The maximum absolute atomic E-state index is 13.7. The normalized spacial score (nSPS) is 11.3. The van der Waals surface area contributed by atoms with Crippen LogP contribution < -0.4 is 23.8 Å². The molecule has 1 unspecified atom stereocenters. The van der Waals surface area contributed by atoms with Crippen LogP contribution in [0.3, 0.4) is 0 Å². The lowest BCUT2D eigenvalue weighted by Crippen LogP contribution is -2.41. The van der Waals surface area contributed by atoms with Crippen molar-refractivity contribution in [3.05, 3.63) is 82.9 Å². The fourth-order valence-electron chi connectivity index (χ4n) is 4.03. The highest BCUT2D eigenvalue weighted by Gasteiger charge is 2.33. The number of carbonyl (C=O) groups is 2. The predicted octanol–water partition coefficient (Wildman–Crippen LogP) is 5.75. The molecule has 0 saturated heterocycles. The molecule has 39 heavy (non-hydrogen) atoms. The second kappa shape index (κ2) is 13.3. The van der Waals surface area contributed by atoms with Gasteiger partial charge >= 0.3 is 5.97 Å². The molecule has 3 aromatic rings. The third-order valence-corrected chi connectivity index (χ3v) is 6.62. The number of nitrogens with zero attached hydrogens (tertiary/aromatic N) is 1. The van der Waals surface area contributed by atoms with Crippen molar-refractivity contribution in [2.45, 2.75) is 11.9 Å². The number of hydrogen-bond acceptors (Lipinski definition) is 7. The fraction of sp³-hybridized carbons (Fsp3) is 0.241. The van der Waals surface area contributed by atoms with Crippen LogP contribution >= 0.6 is 23.2 Å². The summed E-state index contributed by atoms with van der Waals surface area (Å²) < 4.78 is 26.6. The van der Waals surface area contributed by atoms with Crippen LogP contribution in [0.1, 0.15) is 16.7 Å². The predicted molar refractivity (Wildman–Crippen MR) is 152 cm³/mol. The van der Waals surface area contributed by atoms with Crippen LogP contribution in [0.2, 0.25) is 5.02 Å². The number of ether oxygens (including phenoxy) is 5. The molecular formula is C29H29Cl2NO7. The molecule has 0 fully saturated rings. The summed E-state index contributed by atoms with van der Waals surface area (Å²) in [7, 11) is 7.26. The number of esters is 1. The van der Waals surface area contributed by atoms with Crippen LogP contribution in [0.4, 0.5) is 5.69 Å². The third kappa shape index (κ3) is 6.41. The van der Waals surface area contributed by atoms with Gasteiger partial charge in [-0.05, 0) is 42.0 Å². The lowest BCUT2D eigenvalue weighted by Gasteiger charge is -2.28. The number of hydrogen-bond donors (Lipinski definition) is 0. The summed E-state index contributed by atoms with van der Waals surface area (Å²) in [6.45, 7) is 4.27. The molecule has 0 aliphatic carbocycles. The van der Waals surface area contributed by atoms with E-state index in [9.17, 15) is 9.59 Å². The molecule has 1 amide bonds. The first-order chi connectivity index (χ1) is 18.7. The zero-order valence-corrected chi connectivity index (χ0v) is 23.8. The largest absolute Gasteiger partial charge is 0.497 e. The Balaban J connectivity index is 2.22. The number of para-hydroxylation sites is 1. The Bertz CT molecular complexity index is 1380.